The Morgan fingerprint density at radius 3 is 2.14 bits per heavy atom. The standard InChI is InChI=1S/C21H19F6N3O4S/c22-20(23,24)13-3-1-2-4-15(13)35(33,34)12-9-14(16(31)29-18(11-28)5-6-18)30(10-12)17(32)19(7-8-19)21(25,26)27/h1-4,12,14H,5-10H2,(H,29,31). The number of sulfone groups is 1. The Kier molecular flexibility index (Phi) is 5.66. The molecule has 0 bridgehead atoms. The number of benzene rings is 1. The summed E-state index contributed by atoms with van der Waals surface area (Å²) >= 11 is 0. The van der Waals surface area contributed by atoms with Crippen molar-refractivity contribution in [1.82, 2.24) is 10.2 Å². The highest BCUT2D eigenvalue weighted by Gasteiger charge is 2.70. The molecule has 7 nitrogen and oxygen atoms in total. The molecule has 190 valence electrons. The maximum Gasteiger partial charge on any atom is 0.417 e. The normalized spacial score (nSPS) is 25.0. The molecule has 1 aromatic carbocycles. The number of halogens is 6. The minimum Gasteiger partial charge on any atom is -0.336 e. The summed E-state index contributed by atoms with van der Waals surface area (Å²) in [6, 6.07) is 3.50. The molecule has 1 N–H and O–H groups in total. The van der Waals surface area contributed by atoms with Gasteiger partial charge in [-0.1, -0.05) is 12.1 Å². The monoisotopic (exact) mass is 523 g/mol. The first-order chi connectivity index (χ1) is 16.1. The molecule has 14 heteroatoms. The van der Waals surface area contributed by atoms with Gasteiger partial charge in [-0.3, -0.25) is 9.59 Å². The van der Waals surface area contributed by atoms with Crippen molar-refractivity contribution in [1.29, 1.82) is 5.26 Å². The van der Waals surface area contributed by atoms with E-state index in [2.05, 4.69) is 5.32 Å². The van der Waals surface area contributed by atoms with E-state index in [-0.39, 0.29) is 12.8 Å². The van der Waals surface area contributed by atoms with Crippen molar-refractivity contribution in [2.45, 2.75) is 66.2 Å². The number of hydrogen-bond acceptors (Lipinski definition) is 5. The molecule has 0 radical (unpaired) electrons. The average Bonchev–Trinajstić information content (AvgIpc) is 3.69. The third-order valence-corrected chi connectivity index (χ3v) is 8.98. The van der Waals surface area contributed by atoms with Crippen LogP contribution in [0.4, 0.5) is 26.3 Å². The van der Waals surface area contributed by atoms with Crippen LogP contribution >= 0.6 is 0 Å². The Balaban J connectivity index is 1.70. The van der Waals surface area contributed by atoms with E-state index in [0.29, 0.717) is 11.0 Å². The van der Waals surface area contributed by atoms with Gasteiger partial charge in [0.25, 0.3) is 0 Å². The number of likely N-dealkylation sites (tertiary alicyclic amines) is 1. The summed E-state index contributed by atoms with van der Waals surface area (Å²) in [5, 5.41) is 9.80. The van der Waals surface area contributed by atoms with Gasteiger partial charge in [-0.25, -0.2) is 8.42 Å². The van der Waals surface area contributed by atoms with Crippen molar-refractivity contribution in [3.63, 3.8) is 0 Å². The number of alkyl halides is 6. The molecular formula is C21H19F6N3O4S. The van der Waals surface area contributed by atoms with E-state index in [1.54, 1.807) is 0 Å². The van der Waals surface area contributed by atoms with Crippen LogP contribution in [0.3, 0.4) is 0 Å². The molecule has 35 heavy (non-hydrogen) atoms. The van der Waals surface area contributed by atoms with Crippen molar-refractivity contribution in [3.8, 4) is 6.07 Å². The minimum absolute atomic E-state index is 0.267. The maximum absolute atomic E-state index is 13.6. The Hall–Kier alpha value is -2.82. The number of nitrogens with one attached hydrogen (secondary N) is 1. The fraction of sp³-hybridized carbons (Fsp3) is 0.571. The number of rotatable bonds is 5. The maximum atomic E-state index is 13.6. The highest BCUT2D eigenvalue weighted by Crippen LogP contribution is 2.59. The molecule has 0 spiro atoms. The van der Waals surface area contributed by atoms with E-state index < -0.39 is 92.5 Å². The lowest BCUT2D eigenvalue weighted by Crippen LogP contribution is -2.53. The Morgan fingerprint density at radius 1 is 1.06 bits per heavy atom. The highest BCUT2D eigenvalue weighted by atomic mass is 32.2. The van der Waals surface area contributed by atoms with Crippen molar-refractivity contribution in [3.05, 3.63) is 29.8 Å². The van der Waals surface area contributed by atoms with E-state index in [1.165, 1.54) is 0 Å². The SMILES string of the molecule is N#CC1(NC(=O)C2CC(S(=O)(=O)c3ccccc3C(F)(F)F)CN2C(=O)C2(C(F)(F)F)CC2)CC1. The predicted molar refractivity (Wildman–Crippen MR) is 106 cm³/mol. The summed E-state index contributed by atoms with van der Waals surface area (Å²) in [5.41, 5.74) is -5.48. The number of carbonyl (C=O) groups is 2. The zero-order chi connectivity index (χ0) is 26.0. The van der Waals surface area contributed by atoms with Crippen LogP contribution in [-0.4, -0.2) is 54.7 Å². The van der Waals surface area contributed by atoms with Crippen LogP contribution in [0.15, 0.2) is 29.2 Å². The first-order valence-electron chi connectivity index (χ1n) is 10.6. The molecule has 3 aliphatic rings. The lowest BCUT2D eigenvalue weighted by molar-refractivity contribution is -0.199. The molecule has 1 aromatic rings. The minimum atomic E-state index is -5.03. The van der Waals surface area contributed by atoms with E-state index in [1.807, 2.05) is 6.07 Å². The fourth-order valence-corrected chi connectivity index (χ4v) is 6.26. The van der Waals surface area contributed by atoms with Crippen LogP contribution in [0.25, 0.3) is 0 Å². The molecule has 0 aromatic heterocycles. The quantitative estimate of drug-likeness (QED) is 0.598. The lowest BCUT2D eigenvalue weighted by atomic mass is 10.0. The first-order valence-corrected chi connectivity index (χ1v) is 12.1. The van der Waals surface area contributed by atoms with Gasteiger partial charge in [-0.2, -0.15) is 31.6 Å². The van der Waals surface area contributed by atoms with Crippen LogP contribution in [0, 0.1) is 16.7 Å². The first kappa shape index (κ1) is 25.3. The smallest absolute Gasteiger partial charge is 0.336 e. The van der Waals surface area contributed by atoms with Gasteiger partial charge in [0.15, 0.2) is 9.84 Å². The summed E-state index contributed by atoms with van der Waals surface area (Å²) in [7, 11) is -4.82. The molecule has 4 rings (SSSR count). The Labute approximate surface area is 196 Å². The molecule has 1 saturated heterocycles. The fourth-order valence-electron chi connectivity index (χ4n) is 4.35. The Morgan fingerprint density at radius 2 is 1.66 bits per heavy atom. The second-order valence-corrected chi connectivity index (χ2v) is 11.3. The van der Waals surface area contributed by atoms with E-state index in [0.717, 1.165) is 18.2 Å². The van der Waals surface area contributed by atoms with Gasteiger partial charge in [0, 0.05) is 6.54 Å². The molecule has 2 saturated carbocycles. The van der Waals surface area contributed by atoms with Gasteiger partial charge in [0.2, 0.25) is 11.8 Å². The van der Waals surface area contributed by atoms with Gasteiger partial charge >= 0.3 is 12.4 Å². The van der Waals surface area contributed by atoms with Gasteiger partial charge in [-0.05, 0) is 44.2 Å². The number of amides is 2. The van der Waals surface area contributed by atoms with Gasteiger partial charge < -0.3 is 10.2 Å². The molecule has 2 unspecified atom stereocenters. The van der Waals surface area contributed by atoms with Crippen molar-refractivity contribution < 1.29 is 44.3 Å². The zero-order valence-electron chi connectivity index (χ0n) is 17.9. The van der Waals surface area contributed by atoms with E-state index >= 15 is 0 Å². The van der Waals surface area contributed by atoms with Crippen LogP contribution in [0.5, 0.6) is 0 Å². The van der Waals surface area contributed by atoms with Crippen LogP contribution in [-0.2, 0) is 25.6 Å². The summed E-state index contributed by atoms with van der Waals surface area (Å²) < 4.78 is 108. The largest absolute Gasteiger partial charge is 0.417 e. The van der Waals surface area contributed by atoms with Gasteiger partial charge in [0.1, 0.15) is 17.0 Å². The van der Waals surface area contributed by atoms with Crippen LogP contribution in [0.2, 0.25) is 0 Å². The van der Waals surface area contributed by atoms with Gasteiger partial charge in [-0.15, -0.1) is 0 Å². The molecular weight excluding hydrogens is 504 g/mol. The summed E-state index contributed by atoms with van der Waals surface area (Å²) in [5.74, 6) is -2.51. The lowest BCUT2D eigenvalue weighted by Gasteiger charge is -2.29. The molecule has 1 heterocycles. The predicted octanol–water partition coefficient (Wildman–Crippen LogP) is 2.96. The number of hydrogen-bond donors (Lipinski definition) is 1. The molecule has 2 aliphatic carbocycles. The topological polar surface area (TPSA) is 107 Å². The zero-order valence-corrected chi connectivity index (χ0v) is 18.7. The van der Waals surface area contributed by atoms with Gasteiger partial charge in [0.05, 0.1) is 21.8 Å². The average molecular weight is 523 g/mol. The summed E-state index contributed by atoms with van der Waals surface area (Å²) in [6.45, 7) is -0.886. The molecule has 3 fully saturated rings. The number of nitrogens with zero attached hydrogens (tertiary/aromatic N) is 2. The summed E-state index contributed by atoms with van der Waals surface area (Å²) in [4.78, 5) is 25.3. The second-order valence-electron chi connectivity index (χ2n) is 9.13. The van der Waals surface area contributed by atoms with Crippen LogP contribution < -0.4 is 5.32 Å². The van der Waals surface area contributed by atoms with Crippen molar-refractivity contribution >= 4 is 21.7 Å². The summed E-state index contributed by atoms with van der Waals surface area (Å²) in [6.07, 6.45) is -11.2. The number of nitriles is 1. The Bertz CT molecular complexity index is 1210. The highest BCUT2D eigenvalue weighted by molar-refractivity contribution is 7.92. The second kappa shape index (κ2) is 7.84. The number of carbonyl (C=O) groups excluding carboxylic acids is 2. The molecule has 2 atom stereocenters. The molecule has 2 amide bonds. The third kappa shape index (κ3) is 4.23. The van der Waals surface area contributed by atoms with E-state index in [4.69, 9.17) is 0 Å². The van der Waals surface area contributed by atoms with Crippen molar-refractivity contribution in [2.75, 3.05) is 6.54 Å². The third-order valence-electron chi connectivity index (χ3n) is 6.79. The van der Waals surface area contributed by atoms with E-state index in [9.17, 15) is 49.6 Å². The van der Waals surface area contributed by atoms with Crippen molar-refractivity contribution in [2.24, 2.45) is 5.41 Å². The van der Waals surface area contributed by atoms with Crippen LogP contribution in [0.1, 0.15) is 37.7 Å². The molecule has 1 aliphatic heterocycles.